The van der Waals surface area contributed by atoms with Crippen LogP contribution >= 0.6 is 0 Å². The van der Waals surface area contributed by atoms with Gasteiger partial charge in [-0.3, -0.25) is 9.36 Å². The standard InChI is InChI=1S/C20H22N4O4/c1-6-23-18-17(19(25)24(7-2)20(23)26)22(3)16(21-18)11-9-13-8-10-14(27-4)15(12-13)28-5/h7-12H,2,6H2,1,3-5H3/b11-9+. The van der Waals surface area contributed by atoms with E-state index in [1.54, 1.807) is 31.9 Å². The number of ether oxygens (including phenoxy) is 2. The first kappa shape index (κ1) is 19.2. The molecule has 8 heteroatoms. The Morgan fingerprint density at radius 2 is 1.86 bits per heavy atom. The van der Waals surface area contributed by atoms with Gasteiger partial charge in [0.05, 0.1) is 14.2 Å². The van der Waals surface area contributed by atoms with Gasteiger partial charge in [-0.15, -0.1) is 0 Å². The van der Waals surface area contributed by atoms with Crippen molar-refractivity contribution in [3.63, 3.8) is 0 Å². The quantitative estimate of drug-likeness (QED) is 0.653. The monoisotopic (exact) mass is 382 g/mol. The van der Waals surface area contributed by atoms with Crippen LogP contribution in [-0.2, 0) is 13.6 Å². The van der Waals surface area contributed by atoms with E-state index in [1.165, 1.54) is 10.8 Å². The van der Waals surface area contributed by atoms with Crippen molar-refractivity contribution < 1.29 is 9.47 Å². The summed E-state index contributed by atoms with van der Waals surface area (Å²) in [7, 11) is 4.89. The number of rotatable bonds is 6. The number of hydrogen-bond donors (Lipinski definition) is 0. The van der Waals surface area contributed by atoms with Crippen molar-refractivity contribution in [2.75, 3.05) is 14.2 Å². The molecule has 28 heavy (non-hydrogen) atoms. The Balaban J connectivity index is 2.15. The Kier molecular flexibility index (Phi) is 5.21. The summed E-state index contributed by atoms with van der Waals surface area (Å²) >= 11 is 0. The lowest BCUT2D eigenvalue weighted by molar-refractivity contribution is 0.355. The summed E-state index contributed by atoms with van der Waals surface area (Å²) in [6, 6.07) is 5.53. The van der Waals surface area contributed by atoms with Gasteiger partial charge in [-0.2, -0.15) is 0 Å². The molecule has 0 aliphatic rings. The molecule has 0 fully saturated rings. The second-order valence-electron chi connectivity index (χ2n) is 6.03. The third kappa shape index (κ3) is 3.02. The molecule has 3 rings (SSSR count). The lowest BCUT2D eigenvalue weighted by Crippen LogP contribution is -2.37. The van der Waals surface area contributed by atoms with Gasteiger partial charge in [0.25, 0.3) is 5.56 Å². The van der Waals surface area contributed by atoms with E-state index in [2.05, 4.69) is 11.6 Å². The van der Waals surface area contributed by atoms with Crippen molar-refractivity contribution in [3.05, 3.63) is 57.0 Å². The summed E-state index contributed by atoms with van der Waals surface area (Å²) in [4.78, 5) is 29.6. The molecule has 0 amide bonds. The van der Waals surface area contributed by atoms with Gasteiger partial charge in [0.15, 0.2) is 22.7 Å². The predicted octanol–water partition coefficient (Wildman–Crippen LogP) is 2.20. The summed E-state index contributed by atoms with van der Waals surface area (Å²) in [6.07, 6.45) is 4.86. The molecule has 0 unspecified atom stereocenters. The molecule has 1 aromatic carbocycles. The first-order valence-electron chi connectivity index (χ1n) is 8.71. The van der Waals surface area contributed by atoms with E-state index >= 15 is 0 Å². The zero-order valence-electron chi connectivity index (χ0n) is 16.3. The number of hydrogen-bond acceptors (Lipinski definition) is 5. The topological polar surface area (TPSA) is 80.3 Å². The molecule has 3 aromatic rings. The predicted molar refractivity (Wildman–Crippen MR) is 110 cm³/mol. The number of methoxy groups -OCH3 is 2. The molecule has 0 atom stereocenters. The average molecular weight is 382 g/mol. The van der Waals surface area contributed by atoms with Crippen molar-refractivity contribution >= 4 is 29.5 Å². The number of imidazole rings is 1. The van der Waals surface area contributed by atoms with E-state index in [0.717, 1.165) is 10.1 Å². The second kappa shape index (κ2) is 7.59. The molecule has 0 bridgehead atoms. The Bertz CT molecular complexity index is 1200. The van der Waals surface area contributed by atoms with Crippen LogP contribution in [0.4, 0.5) is 0 Å². The fourth-order valence-electron chi connectivity index (χ4n) is 3.07. The molecule has 2 aromatic heterocycles. The highest BCUT2D eigenvalue weighted by atomic mass is 16.5. The summed E-state index contributed by atoms with van der Waals surface area (Å²) in [5, 5.41) is 0. The molecule has 0 aliphatic carbocycles. The third-order valence-corrected chi connectivity index (χ3v) is 4.56. The van der Waals surface area contributed by atoms with Crippen LogP contribution in [0.3, 0.4) is 0 Å². The van der Waals surface area contributed by atoms with Crippen molar-refractivity contribution in [3.8, 4) is 11.5 Å². The van der Waals surface area contributed by atoms with E-state index in [1.807, 2.05) is 31.2 Å². The molecule has 0 saturated carbocycles. The van der Waals surface area contributed by atoms with Crippen LogP contribution in [0.25, 0.3) is 29.5 Å². The molecule has 8 nitrogen and oxygen atoms in total. The van der Waals surface area contributed by atoms with Gasteiger partial charge in [-0.25, -0.2) is 14.3 Å². The molecule has 0 radical (unpaired) electrons. The highest BCUT2D eigenvalue weighted by molar-refractivity contribution is 5.77. The van der Waals surface area contributed by atoms with Crippen LogP contribution in [0, 0.1) is 0 Å². The molecular weight excluding hydrogens is 360 g/mol. The molecule has 2 heterocycles. The fraction of sp³-hybridized carbons (Fsp3) is 0.250. The SMILES string of the molecule is C=Cn1c(=O)c2c(nc(/C=C/c3ccc(OC)c(OC)c3)n2C)n(CC)c1=O. The average Bonchev–Trinajstić information content (AvgIpc) is 3.03. The molecule has 146 valence electrons. The maximum absolute atomic E-state index is 12.7. The second-order valence-corrected chi connectivity index (χ2v) is 6.03. The number of fused-ring (bicyclic) bond motifs is 1. The van der Waals surface area contributed by atoms with Gasteiger partial charge in [0.2, 0.25) is 0 Å². The normalized spacial score (nSPS) is 11.3. The number of benzene rings is 1. The third-order valence-electron chi connectivity index (χ3n) is 4.56. The minimum absolute atomic E-state index is 0.341. The van der Waals surface area contributed by atoms with E-state index in [0.29, 0.717) is 35.0 Å². The lowest BCUT2D eigenvalue weighted by atomic mass is 10.2. The summed E-state index contributed by atoms with van der Waals surface area (Å²) < 4.78 is 14.7. The molecule has 0 saturated heterocycles. The Hall–Kier alpha value is -3.55. The van der Waals surface area contributed by atoms with Gasteiger partial charge in [-0.1, -0.05) is 18.7 Å². The van der Waals surface area contributed by atoms with E-state index < -0.39 is 11.2 Å². The van der Waals surface area contributed by atoms with Crippen LogP contribution in [-0.4, -0.2) is 32.9 Å². The van der Waals surface area contributed by atoms with Gasteiger partial charge in [0.1, 0.15) is 5.82 Å². The summed E-state index contributed by atoms with van der Waals surface area (Å²) in [5.74, 6) is 1.80. The Morgan fingerprint density at radius 1 is 1.14 bits per heavy atom. The maximum Gasteiger partial charge on any atom is 0.336 e. The van der Waals surface area contributed by atoms with Crippen LogP contribution in [0.15, 0.2) is 34.4 Å². The van der Waals surface area contributed by atoms with Crippen molar-refractivity contribution in [2.45, 2.75) is 13.5 Å². The minimum Gasteiger partial charge on any atom is -0.493 e. The van der Waals surface area contributed by atoms with E-state index in [9.17, 15) is 9.59 Å². The number of aryl methyl sites for hydroxylation is 2. The van der Waals surface area contributed by atoms with Gasteiger partial charge in [-0.05, 0) is 30.7 Å². The Morgan fingerprint density at radius 3 is 2.46 bits per heavy atom. The maximum atomic E-state index is 12.7. The summed E-state index contributed by atoms with van der Waals surface area (Å²) in [6.45, 7) is 5.78. The molecule has 0 N–H and O–H groups in total. The largest absolute Gasteiger partial charge is 0.493 e. The summed E-state index contributed by atoms with van der Waals surface area (Å²) in [5.41, 5.74) is 0.670. The highest BCUT2D eigenvalue weighted by Crippen LogP contribution is 2.28. The van der Waals surface area contributed by atoms with Crippen LogP contribution < -0.4 is 20.7 Å². The van der Waals surface area contributed by atoms with Crippen molar-refractivity contribution in [1.82, 2.24) is 18.7 Å². The van der Waals surface area contributed by atoms with Crippen LogP contribution in [0.2, 0.25) is 0 Å². The number of nitrogens with zero attached hydrogens (tertiary/aromatic N) is 4. The molecule has 0 spiro atoms. The molecular formula is C20H22N4O4. The van der Waals surface area contributed by atoms with Crippen molar-refractivity contribution in [2.24, 2.45) is 7.05 Å². The minimum atomic E-state index is -0.455. The molecule has 0 aliphatic heterocycles. The first-order chi connectivity index (χ1) is 13.5. The zero-order valence-corrected chi connectivity index (χ0v) is 16.3. The zero-order chi connectivity index (χ0) is 20.4. The van der Waals surface area contributed by atoms with Gasteiger partial charge in [0, 0.05) is 19.8 Å². The number of aromatic nitrogens is 4. The first-order valence-corrected chi connectivity index (χ1v) is 8.71. The smallest absolute Gasteiger partial charge is 0.336 e. The highest BCUT2D eigenvalue weighted by Gasteiger charge is 2.17. The Labute approximate surface area is 161 Å². The lowest BCUT2D eigenvalue weighted by Gasteiger charge is -2.07. The van der Waals surface area contributed by atoms with Crippen molar-refractivity contribution in [1.29, 1.82) is 0 Å². The van der Waals surface area contributed by atoms with Crippen LogP contribution in [0.1, 0.15) is 18.3 Å². The van der Waals surface area contributed by atoms with Gasteiger partial charge >= 0.3 is 5.69 Å². The fourth-order valence-corrected chi connectivity index (χ4v) is 3.07. The van der Waals surface area contributed by atoms with Gasteiger partial charge < -0.3 is 14.0 Å². The van der Waals surface area contributed by atoms with E-state index in [-0.39, 0.29) is 0 Å². The van der Waals surface area contributed by atoms with Crippen LogP contribution in [0.5, 0.6) is 11.5 Å². The van der Waals surface area contributed by atoms with E-state index in [4.69, 9.17) is 9.47 Å².